The molecule has 0 fully saturated rings. The molecule has 2 aromatic carbocycles. The number of aryl methyl sites for hydroxylation is 1. The van der Waals surface area contributed by atoms with Crippen molar-refractivity contribution in [2.24, 2.45) is 0 Å². The molecular formula is C19H22ClFN2O2. The standard InChI is InChI=1S/C19H22ClFN2O2/c1-3-23(10-11-25-18-7-5-4-6-16(18)21)13-19(24)22-17-12-15(20)9-8-14(17)2/h4-9,12H,3,10-11,13H2,1-2H3,(H,22,24). The number of carbonyl (C=O) groups excluding carboxylic acids is 1. The van der Waals surface area contributed by atoms with E-state index in [2.05, 4.69) is 5.32 Å². The van der Waals surface area contributed by atoms with E-state index in [1.54, 1.807) is 30.3 Å². The van der Waals surface area contributed by atoms with E-state index in [1.807, 2.05) is 24.8 Å². The number of likely N-dealkylation sites (N-methyl/N-ethyl adjacent to an activating group) is 1. The van der Waals surface area contributed by atoms with Crippen LogP contribution in [0, 0.1) is 12.7 Å². The Kier molecular flexibility index (Phi) is 7.22. The summed E-state index contributed by atoms with van der Waals surface area (Å²) in [7, 11) is 0. The van der Waals surface area contributed by atoms with Gasteiger partial charge in [-0.25, -0.2) is 4.39 Å². The second-order valence-corrected chi connectivity index (χ2v) is 6.09. The SMILES string of the molecule is CCN(CCOc1ccccc1F)CC(=O)Nc1cc(Cl)ccc1C. The van der Waals surface area contributed by atoms with Gasteiger partial charge in [-0.1, -0.05) is 36.7 Å². The predicted octanol–water partition coefficient (Wildman–Crippen LogP) is 4.13. The third kappa shape index (κ3) is 6.03. The van der Waals surface area contributed by atoms with E-state index in [-0.39, 0.29) is 24.0 Å². The lowest BCUT2D eigenvalue weighted by Gasteiger charge is -2.20. The predicted molar refractivity (Wildman–Crippen MR) is 98.8 cm³/mol. The first-order valence-corrected chi connectivity index (χ1v) is 8.53. The van der Waals surface area contributed by atoms with Gasteiger partial charge in [-0.3, -0.25) is 9.69 Å². The third-order valence-electron chi connectivity index (χ3n) is 3.79. The van der Waals surface area contributed by atoms with Crippen molar-refractivity contribution in [3.05, 3.63) is 58.9 Å². The first kappa shape index (κ1) is 19.2. The highest BCUT2D eigenvalue weighted by Gasteiger charge is 2.11. The van der Waals surface area contributed by atoms with Gasteiger partial charge >= 0.3 is 0 Å². The second-order valence-electron chi connectivity index (χ2n) is 5.66. The monoisotopic (exact) mass is 364 g/mol. The minimum Gasteiger partial charge on any atom is -0.489 e. The van der Waals surface area contributed by atoms with Crippen LogP contribution < -0.4 is 10.1 Å². The van der Waals surface area contributed by atoms with Gasteiger partial charge in [0.25, 0.3) is 0 Å². The Hall–Kier alpha value is -2.11. The van der Waals surface area contributed by atoms with Gasteiger partial charge in [0.1, 0.15) is 6.61 Å². The lowest BCUT2D eigenvalue weighted by Crippen LogP contribution is -2.36. The van der Waals surface area contributed by atoms with Gasteiger partial charge in [0.2, 0.25) is 5.91 Å². The van der Waals surface area contributed by atoms with E-state index in [9.17, 15) is 9.18 Å². The number of rotatable bonds is 8. The molecule has 0 atom stereocenters. The molecule has 25 heavy (non-hydrogen) atoms. The molecule has 1 N–H and O–H groups in total. The zero-order valence-corrected chi connectivity index (χ0v) is 15.1. The van der Waals surface area contributed by atoms with Gasteiger partial charge in [0, 0.05) is 17.3 Å². The number of nitrogens with one attached hydrogen (secondary N) is 1. The van der Waals surface area contributed by atoms with Crippen LogP contribution in [0.5, 0.6) is 5.75 Å². The van der Waals surface area contributed by atoms with Crippen LogP contribution in [0.1, 0.15) is 12.5 Å². The summed E-state index contributed by atoms with van der Waals surface area (Å²) >= 11 is 5.96. The number of nitrogens with zero attached hydrogens (tertiary/aromatic N) is 1. The zero-order valence-electron chi connectivity index (χ0n) is 14.4. The van der Waals surface area contributed by atoms with Crippen LogP contribution in [0.25, 0.3) is 0 Å². The van der Waals surface area contributed by atoms with Gasteiger partial charge in [0.05, 0.1) is 6.54 Å². The molecule has 134 valence electrons. The molecule has 0 saturated carbocycles. The number of hydrogen-bond acceptors (Lipinski definition) is 3. The Balaban J connectivity index is 1.83. The molecule has 0 aliphatic heterocycles. The summed E-state index contributed by atoms with van der Waals surface area (Å²) in [4.78, 5) is 14.2. The Morgan fingerprint density at radius 2 is 2.04 bits per heavy atom. The van der Waals surface area contributed by atoms with Crippen molar-refractivity contribution in [1.82, 2.24) is 4.90 Å². The normalized spacial score (nSPS) is 10.8. The van der Waals surface area contributed by atoms with Crippen molar-refractivity contribution in [3.63, 3.8) is 0 Å². The van der Waals surface area contributed by atoms with Gasteiger partial charge in [-0.15, -0.1) is 0 Å². The molecule has 4 nitrogen and oxygen atoms in total. The van der Waals surface area contributed by atoms with Crippen LogP contribution in [0.2, 0.25) is 5.02 Å². The molecule has 0 unspecified atom stereocenters. The van der Waals surface area contributed by atoms with E-state index in [1.165, 1.54) is 6.07 Å². The molecule has 1 amide bonds. The van der Waals surface area contributed by atoms with Crippen LogP contribution in [0.3, 0.4) is 0 Å². The van der Waals surface area contributed by atoms with Gasteiger partial charge in [0.15, 0.2) is 11.6 Å². The highest BCUT2D eigenvalue weighted by molar-refractivity contribution is 6.31. The van der Waals surface area contributed by atoms with Crippen molar-refractivity contribution in [2.45, 2.75) is 13.8 Å². The molecule has 0 aliphatic rings. The van der Waals surface area contributed by atoms with E-state index in [0.29, 0.717) is 30.4 Å². The largest absolute Gasteiger partial charge is 0.489 e. The summed E-state index contributed by atoms with van der Waals surface area (Å²) in [5, 5.41) is 3.44. The molecule has 0 radical (unpaired) electrons. The van der Waals surface area contributed by atoms with E-state index >= 15 is 0 Å². The number of benzene rings is 2. The third-order valence-corrected chi connectivity index (χ3v) is 4.02. The number of anilines is 1. The maximum atomic E-state index is 13.5. The lowest BCUT2D eigenvalue weighted by atomic mass is 10.2. The molecule has 0 aromatic heterocycles. The second kappa shape index (κ2) is 9.39. The molecule has 0 saturated heterocycles. The maximum absolute atomic E-state index is 13.5. The van der Waals surface area contributed by atoms with Crippen LogP contribution >= 0.6 is 11.6 Å². The van der Waals surface area contributed by atoms with E-state index in [4.69, 9.17) is 16.3 Å². The minimum atomic E-state index is -0.389. The number of ether oxygens (including phenoxy) is 1. The zero-order chi connectivity index (χ0) is 18.2. The highest BCUT2D eigenvalue weighted by atomic mass is 35.5. The highest BCUT2D eigenvalue weighted by Crippen LogP contribution is 2.20. The molecule has 0 spiro atoms. The first-order chi connectivity index (χ1) is 12.0. The summed E-state index contributed by atoms with van der Waals surface area (Å²) in [5.74, 6) is -0.296. The van der Waals surface area contributed by atoms with Crippen molar-refractivity contribution in [1.29, 1.82) is 0 Å². The summed E-state index contributed by atoms with van der Waals surface area (Å²) in [6.45, 7) is 5.60. The van der Waals surface area contributed by atoms with Crippen LogP contribution in [0.4, 0.5) is 10.1 Å². The summed E-state index contributed by atoms with van der Waals surface area (Å²) in [5.41, 5.74) is 1.65. The molecule has 2 rings (SSSR count). The topological polar surface area (TPSA) is 41.6 Å². The Morgan fingerprint density at radius 3 is 2.76 bits per heavy atom. The maximum Gasteiger partial charge on any atom is 0.238 e. The van der Waals surface area contributed by atoms with Crippen LogP contribution in [0.15, 0.2) is 42.5 Å². The van der Waals surface area contributed by atoms with Crippen molar-refractivity contribution >= 4 is 23.2 Å². The smallest absolute Gasteiger partial charge is 0.238 e. The van der Waals surface area contributed by atoms with Gasteiger partial charge in [-0.05, 0) is 43.3 Å². The Labute approximate surface area is 152 Å². The fourth-order valence-corrected chi connectivity index (χ4v) is 2.49. The van der Waals surface area contributed by atoms with E-state index in [0.717, 1.165) is 5.56 Å². The fourth-order valence-electron chi connectivity index (χ4n) is 2.32. The van der Waals surface area contributed by atoms with Crippen molar-refractivity contribution < 1.29 is 13.9 Å². The molecular weight excluding hydrogens is 343 g/mol. The molecule has 0 heterocycles. The van der Waals surface area contributed by atoms with Crippen LogP contribution in [-0.4, -0.2) is 37.0 Å². The molecule has 0 aliphatic carbocycles. The summed E-state index contributed by atoms with van der Waals surface area (Å²) < 4.78 is 18.9. The van der Waals surface area contributed by atoms with Gasteiger partial charge < -0.3 is 10.1 Å². The quantitative estimate of drug-likeness (QED) is 0.765. The lowest BCUT2D eigenvalue weighted by molar-refractivity contribution is -0.117. The molecule has 0 bridgehead atoms. The van der Waals surface area contributed by atoms with Gasteiger partial charge in [-0.2, -0.15) is 0 Å². The van der Waals surface area contributed by atoms with Crippen LogP contribution in [-0.2, 0) is 4.79 Å². The number of amides is 1. The average Bonchev–Trinajstić information content (AvgIpc) is 2.59. The molecule has 2 aromatic rings. The number of hydrogen-bond donors (Lipinski definition) is 1. The number of carbonyl (C=O) groups is 1. The number of para-hydroxylation sites is 1. The van der Waals surface area contributed by atoms with Crippen molar-refractivity contribution in [2.75, 3.05) is 31.6 Å². The summed E-state index contributed by atoms with van der Waals surface area (Å²) in [6.07, 6.45) is 0. The summed E-state index contributed by atoms with van der Waals surface area (Å²) in [6, 6.07) is 11.6. The van der Waals surface area contributed by atoms with Crippen molar-refractivity contribution in [3.8, 4) is 5.75 Å². The molecule has 6 heteroatoms. The fraction of sp³-hybridized carbons (Fsp3) is 0.316. The van der Waals surface area contributed by atoms with E-state index < -0.39 is 0 Å². The average molecular weight is 365 g/mol. The first-order valence-electron chi connectivity index (χ1n) is 8.15. The Bertz CT molecular complexity index is 724. The Morgan fingerprint density at radius 1 is 1.28 bits per heavy atom. The number of halogens is 2. The minimum absolute atomic E-state index is 0.127.